The van der Waals surface area contributed by atoms with E-state index in [1.54, 1.807) is 0 Å². The van der Waals surface area contributed by atoms with Crippen LogP contribution in [0.4, 0.5) is 0 Å². The highest BCUT2D eigenvalue weighted by Gasteiger charge is 2.22. The summed E-state index contributed by atoms with van der Waals surface area (Å²) in [6.45, 7) is 8.95. The van der Waals surface area contributed by atoms with E-state index in [1.807, 2.05) is 0 Å². The first-order chi connectivity index (χ1) is 8.47. The van der Waals surface area contributed by atoms with Crippen molar-refractivity contribution in [3.8, 4) is 11.1 Å². The molecule has 0 saturated heterocycles. The van der Waals surface area contributed by atoms with Crippen LogP contribution in [0.25, 0.3) is 11.1 Å². The predicted octanol–water partition coefficient (Wildman–Crippen LogP) is 4.66. The molecule has 3 rings (SSSR count). The van der Waals surface area contributed by atoms with E-state index in [4.69, 9.17) is 0 Å². The third-order valence-electron chi connectivity index (χ3n) is 3.83. The van der Waals surface area contributed by atoms with Gasteiger partial charge in [0.1, 0.15) is 0 Å². The summed E-state index contributed by atoms with van der Waals surface area (Å²) in [5.41, 5.74) is 8.51. The first-order valence-corrected chi connectivity index (χ1v) is 6.61. The van der Waals surface area contributed by atoms with Gasteiger partial charge in [0, 0.05) is 0 Å². The van der Waals surface area contributed by atoms with Gasteiger partial charge in [-0.15, -0.1) is 0 Å². The molecule has 1 radical (unpaired) electrons. The minimum atomic E-state index is 0.179. The van der Waals surface area contributed by atoms with Crippen LogP contribution in [0.5, 0.6) is 0 Å². The summed E-state index contributed by atoms with van der Waals surface area (Å²) in [7, 11) is 0. The molecule has 0 saturated carbocycles. The van der Waals surface area contributed by atoms with Gasteiger partial charge in [0.25, 0.3) is 0 Å². The Hall–Kier alpha value is -1.56. The molecule has 0 spiro atoms. The van der Waals surface area contributed by atoms with Gasteiger partial charge in [-0.25, -0.2) is 0 Å². The van der Waals surface area contributed by atoms with E-state index in [0.717, 1.165) is 6.42 Å². The molecule has 1 aliphatic rings. The molecule has 91 valence electrons. The predicted molar refractivity (Wildman–Crippen MR) is 77.0 cm³/mol. The molecule has 18 heavy (non-hydrogen) atoms. The average Bonchev–Trinajstić information content (AvgIpc) is 2.66. The summed E-state index contributed by atoms with van der Waals surface area (Å²) in [4.78, 5) is 0. The average molecular weight is 235 g/mol. The number of rotatable bonds is 0. The van der Waals surface area contributed by atoms with Crippen molar-refractivity contribution < 1.29 is 0 Å². The van der Waals surface area contributed by atoms with Gasteiger partial charge in [-0.2, -0.15) is 0 Å². The Morgan fingerprint density at radius 3 is 2.56 bits per heavy atom. The van der Waals surface area contributed by atoms with Crippen LogP contribution in [0.2, 0.25) is 0 Å². The number of aryl methyl sites for hydroxylation is 1. The van der Waals surface area contributed by atoms with Crippen LogP contribution in [0.15, 0.2) is 30.3 Å². The van der Waals surface area contributed by atoms with Gasteiger partial charge < -0.3 is 0 Å². The van der Waals surface area contributed by atoms with Gasteiger partial charge in [-0.1, -0.05) is 51.1 Å². The summed E-state index contributed by atoms with van der Waals surface area (Å²) >= 11 is 0. The van der Waals surface area contributed by atoms with Crippen LogP contribution < -0.4 is 0 Å². The maximum Gasteiger partial charge on any atom is -0.000707 e. The second-order valence-corrected chi connectivity index (χ2v) is 6.30. The molecule has 0 unspecified atom stereocenters. The molecule has 0 amide bonds. The third-order valence-corrected chi connectivity index (χ3v) is 3.83. The summed E-state index contributed by atoms with van der Waals surface area (Å²) in [5.74, 6) is 0. The van der Waals surface area contributed by atoms with Crippen molar-refractivity contribution in [2.24, 2.45) is 0 Å². The Balaban J connectivity index is 2.17. The zero-order chi connectivity index (χ0) is 12.9. The van der Waals surface area contributed by atoms with Gasteiger partial charge in [-0.3, -0.25) is 0 Å². The molecule has 0 atom stereocenters. The van der Waals surface area contributed by atoms with E-state index in [0.29, 0.717) is 0 Å². The molecule has 0 heteroatoms. The first-order valence-electron chi connectivity index (χ1n) is 6.61. The molecule has 0 N–H and O–H groups in total. The van der Waals surface area contributed by atoms with Crippen molar-refractivity contribution >= 4 is 0 Å². The topological polar surface area (TPSA) is 0 Å². The van der Waals surface area contributed by atoms with E-state index < -0.39 is 0 Å². The van der Waals surface area contributed by atoms with Crippen LogP contribution in [-0.4, -0.2) is 0 Å². The minimum Gasteiger partial charge on any atom is -0.0617 e. The molecule has 0 nitrogen and oxygen atoms in total. The standard InChI is InChI=1S/C18H19/c1-12-6-5-7-13-10-14-11-15(18(2,3)4)8-9-16(14)17(12)13/h5-9H,10H2,1-4H3. The smallest absolute Gasteiger partial charge is 0.000707 e. The Kier molecular flexibility index (Phi) is 2.38. The maximum absolute atomic E-state index is 3.64. The molecule has 2 aromatic rings. The number of benzene rings is 2. The van der Waals surface area contributed by atoms with Crippen molar-refractivity contribution in [2.75, 3.05) is 0 Å². The highest BCUT2D eigenvalue weighted by molar-refractivity contribution is 5.79. The highest BCUT2D eigenvalue weighted by atomic mass is 14.3. The summed E-state index contributed by atoms with van der Waals surface area (Å²) in [6, 6.07) is 14.8. The van der Waals surface area contributed by atoms with E-state index >= 15 is 0 Å². The Morgan fingerprint density at radius 1 is 1.06 bits per heavy atom. The van der Waals surface area contributed by atoms with Gasteiger partial charge in [0.2, 0.25) is 0 Å². The second kappa shape index (κ2) is 3.71. The van der Waals surface area contributed by atoms with Gasteiger partial charge in [0.15, 0.2) is 0 Å². The second-order valence-electron chi connectivity index (χ2n) is 6.30. The zero-order valence-electron chi connectivity index (χ0n) is 11.6. The molecule has 0 aliphatic heterocycles. The van der Waals surface area contributed by atoms with Gasteiger partial charge in [0.05, 0.1) is 0 Å². The van der Waals surface area contributed by atoms with Crippen molar-refractivity contribution in [3.63, 3.8) is 0 Å². The summed E-state index contributed by atoms with van der Waals surface area (Å²) < 4.78 is 0. The minimum absolute atomic E-state index is 0.179. The van der Waals surface area contributed by atoms with Crippen LogP contribution in [0, 0.1) is 13.0 Å². The lowest BCUT2D eigenvalue weighted by atomic mass is 9.85. The largest absolute Gasteiger partial charge is 0.0617 e. The molecule has 1 aliphatic carbocycles. The molecule has 0 aromatic heterocycles. The van der Waals surface area contributed by atoms with Crippen LogP contribution >= 0.6 is 0 Å². The van der Waals surface area contributed by atoms with E-state index in [-0.39, 0.29) is 5.41 Å². The lowest BCUT2D eigenvalue weighted by Gasteiger charge is -2.19. The number of hydrogen-bond donors (Lipinski definition) is 0. The Labute approximate surface area is 110 Å². The Morgan fingerprint density at radius 2 is 1.83 bits per heavy atom. The van der Waals surface area contributed by atoms with Crippen molar-refractivity contribution in [3.05, 3.63) is 58.7 Å². The van der Waals surface area contributed by atoms with Crippen molar-refractivity contribution in [1.82, 2.24) is 0 Å². The molecule has 0 bridgehead atoms. The first kappa shape index (κ1) is 11.5. The Bertz CT molecular complexity index is 612. The fourth-order valence-corrected chi connectivity index (χ4v) is 2.80. The van der Waals surface area contributed by atoms with Crippen LogP contribution in [0.3, 0.4) is 0 Å². The monoisotopic (exact) mass is 235 g/mol. The summed E-state index contributed by atoms with van der Waals surface area (Å²) in [5, 5.41) is 0. The molecule has 2 aromatic carbocycles. The zero-order valence-corrected chi connectivity index (χ0v) is 11.6. The molecular weight excluding hydrogens is 216 g/mol. The van der Waals surface area contributed by atoms with Crippen LogP contribution in [-0.2, 0) is 11.8 Å². The van der Waals surface area contributed by atoms with E-state index in [9.17, 15) is 0 Å². The van der Waals surface area contributed by atoms with Gasteiger partial charge >= 0.3 is 0 Å². The number of fused-ring (bicyclic) bond motifs is 3. The van der Waals surface area contributed by atoms with Crippen molar-refractivity contribution in [1.29, 1.82) is 0 Å². The quantitative estimate of drug-likeness (QED) is 0.531. The SMILES string of the molecule is Cc1cccc2c1-c1ccc(C(C)(C)C)[c]c1C2. The van der Waals surface area contributed by atoms with E-state index in [2.05, 4.69) is 64.1 Å². The van der Waals surface area contributed by atoms with Gasteiger partial charge in [-0.05, 0) is 58.2 Å². The summed E-state index contributed by atoms with van der Waals surface area (Å²) in [6.07, 6.45) is 1.04. The fourth-order valence-electron chi connectivity index (χ4n) is 2.80. The van der Waals surface area contributed by atoms with E-state index in [1.165, 1.54) is 33.4 Å². The highest BCUT2D eigenvalue weighted by Crippen LogP contribution is 2.40. The fraction of sp³-hybridized carbons (Fsp3) is 0.333. The lowest BCUT2D eigenvalue weighted by molar-refractivity contribution is 0.588. The van der Waals surface area contributed by atoms with Crippen molar-refractivity contribution in [2.45, 2.75) is 39.5 Å². The number of hydrogen-bond acceptors (Lipinski definition) is 0. The van der Waals surface area contributed by atoms with Crippen LogP contribution in [0.1, 0.15) is 43.0 Å². The molecule has 0 heterocycles. The normalized spacial score (nSPS) is 13.3. The molecule has 0 fully saturated rings. The molecular formula is C18H19. The lowest BCUT2D eigenvalue weighted by Crippen LogP contribution is -2.11. The maximum atomic E-state index is 3.64. The third kappa shape index (κ3) is 1.68.